The summed E-state index contributed by atoms with van der Waals surface area (Å²) in [7, 11) is 6.08. The number of hydrogen-bond acceptors (Lipinski definition) is 3. The van der Waals surface area contributed by atoms with E-state index in [2.05, 4.69) is 64.5 Å². The third-order valence-electron chi connectivity index (χ3n) is 4.49. The molecule has 0 spiro atoms. The SMILES string of the molecule is CN=C(NCCCN(C)Cc1ccccc1)N(C)CCOCC1CC1.I. The molecule has 0 bridgehead atoms. The van der Waals surface area contributed by atoms with Crippen LogP contribution in [-0.4, -0.2) is 69.8 Å². The summed E-state index contributed by atoms with van der Waals surface area (Å²) in [4.78, 5) is 8.86. The Hall–Kier alpha value is -0.860. The monoisotopic (exact) mass is 474 g/mol. The lowest BCUT2D eigenvalue weighted by atomic mass is 10.2. The summed E-state index contributed by atoms with van der Waals surface area (Å²) in [5.41, 5.74) is 1.36. The van der Waals surface area contributed by atoms with E-state index in [-0.39, 0.29) is 24.0 Å². The summed E-state index contributed by atoms with van der Waals surface area (Å²) in [5.74, 6) is 1.77. The standard InChI is InChI=1S/C20H34N4O.HI/c1-21-20(24(3)14-15-25-17-19-10-11-19)22-12-7-13-23(2)16-18-8-5-4-6-9-18;/h4-6,8-9,19H,7,10-17H2,1-3H3,(H,21,22);1H. The first-order valence-corrected chi connectivity index (χ1v) is 9.41. The third kappa shape index (κ3) is 9.73. The molecule has 5 nitrogen and oxygen atoms in total. The smallest absolute Gasteiger partial charge is 0.193 e. The lowest BCUT2D eigenvalue weighted by Gasteiger charge is -2.23. The fourth-order valence-electron chi connectivity index (χ4n) is 2.75. The van der Waals surface area contributed by atoms with Gasteiger partial charge in [0.15, 0.2) is 5.96 Å². The summed E-state index contributed by atoms with van der Waals surface area (Å²) in [5, 5.41) is 3.44. The molecule has 148 valence electrons. The van der Waals surface area contributed by atoms with E-state index in [1.807, 2.05) is 7.05 Å². The van der Waals surface area contributed by atoms with Crippen molar-refractivity contribution in [3.63, 3.8) is 0 Å². The Morgan fingerprint density at radius 3 is 2.58 bits per heavy atom. The number of benzene rings is 1. The summed E-state index contributed by atoms with van der Waals surface area (Å²) in [6.45, 7) is 5.56. The zero-order valence-electron chi connectivity index (χ0n) is 16.5. The molecule has 0 heterocycles. The fraction of sp³-hybridized carbons (Fsp3) is 0.650. The zero-order chi connectivity index (χ0) is 17.9. The molecule has 1 saturated carbocycles. The summed E-state index contributed by atoms with van der Waals surface area (Å²) >= 11 is 0. The van der Waals surface area contributed by atoms with E-state index in [4.69, 9.17) is 4.74 Å². The van der Waals surface area contributed by atoms with Crippen molar-refractivity contribution in [2.45, 2.75) is 25.8 Å². The molecule has 0 aromatic heterocycles. The predicted octanol–water partition coefficient (Wildman–Crippen LogP) is 3.06. The number of ether oxygens (including phenoxy) is 1. The molecule has 1 aromatic rings. The van der Waals surface area contributed by atoms with E-state index in [1.165, 1.54) is 18.4 Å². The molecule has 1 aliphatic rings. The quantitative estimate of drug-likeness (QED) is 0.232. The van der Waals surface area contributed by atoms with Crippen molar-refractivity contribution < 1.29 is 4.74 Å². The van der Waals surface area contributed by atoms with Crippen LogP contribution in [0.1, 0.15) is 24.8 Å². The molecule has 1 aliphatic carbocycles. The number of aliphatic imine (C=N–C) groups is 1. The van der Waals surface area contributed by atoms with Gasteiger partial charge in [-0.3, -0.25) is 4.99 Å². The number of likely N-dealkylation sites (N-methyl/N-ethyl adjacent to an activating group) is 1. The molecule has 0 radical (unpaired) electrons. The molecule has 6 heteroatoms. The molecule has 1 N–H and O–H groups in total. The van der Waals surface area contributed by atoms with Gasteiger partial charge in [0.2, 0.25) is 0 Å². The lowest BCUT2D eigenvalue weighted by molar-refractivity contribution is 0.115. The van der Waals surface area contributed by atoms with Gasteiger partial charge in [0.1, 0.15) is 0 Å². The van der Waals surface area contributed by atoms with Crippen molar-refractivity contribution in [1.82, 2.24) is 15.1 Å². The van der Waals surface area contributed by atoms with Crippen LogP contribution in [0.3, 0.4) is 0 Å². The number of halogens is 1. The van der Waals surface area contributed by atoms with Gasteiger partial charge in [-0.05, 0) is 44.3 Å². The van der Waals surface area contributed by atoms with Crippen LogP contribution in [0.2, 0.25) is 0 Å². The molecule has 2 rings (SSSR count). The average molecular weight is 474 g/mol. The van der Waals surface area contributed by atoms with Gasteiger partial charge < -0.3 is 19.9 Å². The maximum absolute atomic E-state index is 5.71. The van der Waals surface area contributed by atoms with E-state index in [0.717, 1.165) is 57.7 Å². The summed E-state index contributed by atoms with van der Waals surface area (Å²) in [6.07, 6.45) is 3.78. The number of rotatable bonds is 11. The Morgan fingerprint density at radius 2 is 1.92 bits per heavy atom. The molecule has 0 atom stereocenters. The van der Waals surface area contributed by atoms with Gasteiger partial charge in [0.25, 0.3) is 0 Å². The molecule has 0 aliphatic heterocycles. The van der Waals surface area contributed by atoms with Crippen LogP contribution in [0.15, 0.2) is 35.3 Å². The Labute approximate surface area is 176 Å². The molecule has 0 saturated heterocycles. The fourth-order valence-corrected chi connectivity index (χ4v) is 2.75. The number of hydrogen-bond donors (Lipinski definition) is 1. The normalized spacial score (nSPS) is 14.2. The van der Waals surface area contributed by atoms with Gasteiger partial charge in [-0.2, -0.15) is 0 Å². The van der Waals surface area contributed by atoms with Gasteiger partial charge in [-0.25, -0.2) is 0 Å². The Balaban J connectivity index is 0.00000338. The first kappa shape index (κ1) is 23.2. The molecular weight excluding hydrogens is 439 g/mol. The van der Waals surface area contributed by atoms with Gasteiger partial charge in [0, 0.05) is 40.3 Å². The molecule has 26 heavy (non-hydrogen) atoms. The van der Waals surface area contributed by atoms with Crippen LogP contribution in [0, 0.1) is 5.92 Å². The Bertz CT molecular complexity index is 508. The summed E-state index contributed by atoms with van der Waals surface area (Å²) < 4.78 is 5.71. The van der Waals surface area contributed by atoms with Crippen LogP contribution in [0.25, 0.3) is 0 Å². The van der Waals surface area contributed by atoms with Crippen LogP contribution in [0.5, 0.6) is 0 Å². The van der Waals surface area contributed by atoms with Gasteiger partial charge in [-0.15, -0.1) is 24.0 Å². The van der Waals surface area contributed by atoms with Crippen molar-refractivity contribution in [3.8, 4) is 0 Å². The number of nitrogens with zero attached hydrogens (tertiary/aromatic N) is 3. The first-order chi connectivity index (χ1) is 12.2. The zero-order valence-corrected chi connectivity index (χ0v) is 18.8. The first-order valence-electron chi connectivity index (χ1n) is 9.41. The van der Waals surface area contributed by atoms with Crippen LogP contribution >= 0.6 is 24.0 Å². The third-order valence-corrected chi connectivity index (χ3v) is 4.49. The van der Waals surface area contributed by atoms with Crippen LogP contribution in [-0.2, 0) is 11.3 Å². The largest absolute Gasteiger partial charge is 0.379 e. The van der Waals surface area contributed by atoms with Gasteiger partial charge in [-0.1, -0.05) is 30.3 Å². The minimum Gasteiger partial charge on any atom is -0.379 e. The lowest BCUT2D eigenvalue weighted by Crippen LogP contribution is -2.41. The van der Waals surface area contributed by atoms with Gasteiger partial charge >= 0.3 is 0 Å². The van der Waals surface area contributed by atoms with Crippen molar-refractivity contribution >= 4 is 29.9 Å². The predicted molar refractivity (Wildman–Crippen MR) is 120 cm³/mol. The van der Waals surface area contributed by atoms with E-state index in [1.54, 1.807) is 0 Å². The van der Waals surface area contributed by atoms with E-state index >= 15 is 0 Å². The minimum absolute atomic E-state index is 0. The van der Waals surface area contributed by atoms with E-state index in [9.17, 15) is 0 Å². The molecular formula is C20H35IN4O. The highest BCUT2D eigenvalue weighted by Crippen LogP contribution is 2.28. The highest BCUT2D eigenvalue weighted by molar-refractivity contribution is 14.0. The number of nitrogens with one attached hydrogen (secondary N) is 1. The van der Waals surface area contributed by atoms with Crippen molar-refractivity contribution in [1.29, 1.82) is 0 Å². The highest BCUT2D eigenvalue weighted by atomic mass is 127. The van der Waals surface area contributed by atoms with E-state index < -0.39 is 0 Å². The van der Waals surface area contributed by atoms with Crippen molar-refractivity contribution in [2.24, 2.45) is 10.9 Å². The summed E-state index contributed by atoms with van der Waals surface area (Å²) in [6, 6.07) is 10.6. The Kier molecular flexibility index (Phi) is 11.9. The highest BCUT2D eigenvalue weighted by Gasteiger charge is 2.21. The molecule has 0 amide bonds. The average Bonchev–Trinajstić information content (AvgIpc) is 3.44. The molecule has 1 fully saturated rings. The molecule has 0 unspecified atom stereocenters. The van der Waals surface area contributed by atoms with Crippen LogP contribution < -0.4 is 5.32 Å². The second kappa shape index (κ2) is 13.3. The van der Waals surface area contributed by atoms with Gasteiger partial charge in [0.05, 0.1) is 6.61 Å². The topological polar surface area (TPSA) is 40.1 Å². The maximum atomic E-state index is 5.71. The minimum atomic E-state index is 0. The second-order valence-electron chi connectivity index (χ2n) is 6.99. The van der Waals surface area contributed by atoms with Crippen molar-refractivity contribution in [2.75, 3.05) is 54.0 Å². The van der Waals surface area contributed by atoms with Crippen molar-refractivity contribution in [3.05, 3.63) is 35.9 Å². The van der Waals surface area contributed by atoms with E-state index in [0.29, 0.717) is 0 Å². The maximum Gasteiger partial charge on any atom is 0.193 e. The molecule has 1 aromatic carbocycles. The second-order valence-corrected chi connectivity index (χ2v) is 6.99. The number of guanidine groups is 1. The Morgan fingerprint density at radius 1 is 1.19 bits per heavy atom. The van der Waals surface area contributed by atoms with Crippen LogP contribution in [0.4, 0.5) is 0 Å².